The predicted octanol–water partition coefficient (Wildman–Crippen LogP) is 6.01. The van der Waals surface area contributed by atoms with Crippen molar-refractivity contribution in [3.05, 3.63) is 120 Å². The van der Waals surface area contributed by atoms with Crippen LogP contribution in [-0.2, 0) is 0 Å². The monoisotopic (exact) mass is 403 g/mol. The Labute approximate surface area is 180 Å². The molecular formula is C27H21N3O. The molecule has 1 N–H and O–H groups in total. The minimum atomic E-state index is 0.0298. The Morgan fingerprint density at radius 2 is 1.58 bits per heavy atom. The summed E-state index contributed by atoms with van der Waals surface area (Å²) in [6.07, 6.45) is 3.70. The predicted molar refractivity (Wildman–Crippen MR) is 123 cm³/mol. The number of rotatable bonds is 5. The van der Waals surface area contributed by atoms with Gasteiger partial charge < -0.3 is 4.98 Å². The van der Waals surface area contributed by atoms with E-state index in [9.17, 15) is 4.79 Å². The van der Waals surface area contributed by atoms with Crippen LogP contribution >= 0.6 is 0 Å². The van der Waals surface area contributed by atoms with E-state index in [1.807, 2.05) is 91.3 Å². The standard InChI is InChI=1S/C27H21N3O/c1-18(20-11-7-12-22(14-20)26(31)19-8-3-2-4-9-19)25-17-29-27(30-25)23-15-21-10-5-6-13-24(21)28-16-23/h2-18H,1H3,(H,29,30). The Morgan fingerprint density at radius 3 is 2.45 bits per heavy atom. The lowest BCUT2D eigenvalue weighted by Crippen LogP contribution is -2.03. The molecule has 0 aliphatic heterocycles. The maximum atomic E-state index is 12.8. The van der Waals surface area contributed by atoms with Gasteiger partial charge in [0.2, 0.25) is 0 Å². The van der Waals surface area contributed by atoms with E-state index in [4.69, 9.17) is 0 Å². The van der Waals surface area contributed by atoms with Crippen molar-refractivity contribution in [3.8, 4) is 11.4 Å². The maximum absolute atomic E-state index is 12.8. The molecule has 5 rings (SSSR count). The minimum Gasteiger partial charge on any atom is -0.341 e. The van der Waals surface area contributed by atoms with Gasteiger partial charge in [-0.05, 0) is 23.8 Å². The van der Waals surface area contributed by atoms with Crippen LogP contribution in [0.4, 0.5) is 0 Å². The quantitative estimate of drug-likeness (QED) is 0.366. The maximum Gasteiger partial charge on any atom is 0.193 e. The van der Waals surface area contributed by atoms with E-state index in [1.54, 1.807) is 0 Å². The fourth-order valence-corrected chi connectivity index (χ4v) is 3.79. The molecule has 5 aromatic rings. The average Bonchev–Trinajstić information content (AvgIpc) is 3.34. The molecule has 2 aromatic heterocycles. The van der Waals surface area contributed by atoms with Gasteiger partial charge in [-0.2, -0.15) is 0 Å². The second-order valence-electron chi connectivity index (χ2n) is 7.65. The van der Waals surface area contributed by atoms with Crippen LogP contribution in [0.1, 0.15) is 40.0 Å². The van der Waals surface area contributed by atoms with Gasteiger partial charge in [0.25, 0.3) is 0 Å². The van der Waals surface area contributed by atoms with Gasteiger partial charge in [0.05, 0.1) is 5.52 Å². The number of nitrogens with one attached hydrogen (secondary N) is 1. The second kappa shape index (κ2) is 8.00. The number of fused-ring (bicyclic) bond motifs is 1. The summed E-state index contributed by atoms with van der Waals surface area (Å²) in [5.74, 6) is 0.886. The number of hydrogen-bond donors (Lipinski definition) is 1. The lowest BCUT2D eigenvalue weighted by Gasteiger charge is -2.11. The van der Waals surface area contributed by atoms with E-state index in [1.165, 1.54) is 0 Å². The zero-order valence-electron chi connectivity index (χ0n) is 17.1. The fourth-order valence-electron chi connectivity index (χ4n) is 3.79. The first-order chi connectivity index (χ1) is 15.2. The summed E-state index contributed by atoms with van der Waals surface area (Å²) in [5, 5.41) is 1.08. The van der Waals surface area contributed by atoms with Gasteiger partial charge in [-0.15, -0.1) is 0 Å². The van der Waals surface area contributed by atoms with Crippen molar-refractivity contribution in [2.45, 2.75) is 12.8 Å². The number of carbonyl (C=O) groups excluding carboxylic acids is 1. The molecule has 4 nitrogen and oxygen atoms in total. The van der Waals surface area contributed by atoms with Gasteiger partial charge in [0.1, 0.15) is 5.82 Å². The Morgan fingerprint density at radius 1 is 0.806 bits per heavy atom. The van der Waals surface area contributed by atoms with Gasteiger partial charge >= 0.3 is 0 Å². The molecule has 0 bridgehead atoms. The molecule has 0 radical (unpaired) electrons. The van der Waals surface area contributed by atoms with Crippen LogP contribution in [0.3, 0.4) is 0 Å². The SMILES string of the molecule is CC(c1cccc(C(=O)c2ccccc2)c1)c1cnc(-c2cnc3ccccc3c2)[nH]1. The molecule has 0 amide bonds. The molecule has 0 saturated carbocycles. The Kier molecular flexibility index (Phi) is 4.89. The van der Waals surface area contributed by atoms with Crippen LogP contribution in [0, 0.1) is 0 Å². The van der Waals surface area contributed by atoms with Crippen LogP contribution in [0.2, 0.25) is 0 Å². The topological polar surface area (TPSA) is 58.6 Å². The summed E-state index contributed by atoms with van der Waals surface area (Å²) in [4.78, 5) is 25.4. The van der Waals surface area contributed by atoms with Crippen molar-refractivity contribution in [1.29, 1.82) is 0 Å². The largest absolute Gasteiger partial charge is 0.341 e. The van der Waals surface area contributed by atoms with E-state index in [0.717, 1.165) is 33.5 Å². The number of nitrogens with zero attached hydrogens (tertiary/aromatic N) is 2. The Balaban J connectivity index is 1.42. The first kappa shape index (κ1) is 18.9. The molecule has 4 heteroatoms. The Hall–Kier alpha value is -4.05. The van der Waals surface area contributed by atoms with Gasteiger partial charge in [0.15, 0.2) is 5.78 Å². The summed E-state index contributed by atoms with van der Waals surface area (Å²) in [7, 11) is 0. The highest BCUT2D eigenvalue weighted by Crippen LogP contribution is 2.27. The molecule has 0 spiro atoms. The highest BCUT2D eigenvalue weighted by atomic mass is 16.1. The van der Waals surface area contributed by atoms with Gasteiger partial charge in [-0.25, -0.2) is 4.98 Å². The molecule has 1 atom stereocenters. The van der Waals surface area contributed by atoms with Crippen molar-refractivity contribution in [2.24, 2.45) is 0 Å². The van der Waals surface area contributed by atoms with Gasteiger partial charge in [0, 0.05) is 46.1 Å². The molecule has 31 heavy (non-hydrogen) atoms. The summed E-state index contributed by atoms with van der Waals surface area (Å²) in [5.41, 5.74) is 5.35. The van der Waals surface area contributed by atoms with E-state index < -0.39 is 0 Å². The van der Waals surface area contributed by atoms with Crippen LogP contribution < -0.4 is 0 Å². The third-order valence-electron chi connectivity index (χ3n) is 5.61. The van der Waals surface area contributed by atoms with Crippen molar-refractivity contribution >= 4 is 16.7 Å². The van der Waals surface area contributed by atoms with Crippen LogP contribution in [0.5, 0.6) is 0 Å². The van der Waals surface area contributed by atoms with Crippen LogP contribution in [-0.4, -0.2) is 20.7 Å². The summed E-state index contributed by atoms with van der Waals surface area (Å²) < 4.78 is 0. The summed E-state index contributed by atoms with van der Waals surface area (Å²) in [6, 6.07) is 27.3. The molecule has 0 fully saturated rings. The number of pyridine rings is 1. The molecule has 2 heterocycles. The zero-order chi connectivity index (χ0) is 21.2. The minimum absolute atomic E-state index is 0.0298. The number of benzene rings is 3. The number of para-hydroxylation sites is 1. The van der Waals surface area contributed by atoms with Gasteiger partial charge in [-0.3, -0.25) is 9.78 Å². The lowest BCUT2D eigenvalue weighted by molar-refractivity contribution is 0.103. The number of hydrogen-bond acceptors (Lipinski definition) is 3. The normalized spacial score (nSPS) is 12.0. The highest BCUT2D eigenvalue weighted by molar-refractivity contribution is 6.09. The number of H-pyrrole nitrogens is 1. The van der Waals surface area contributed by atoms with E-state index in [2.05, 4.69) is 27.9 Å². The molecule has 3 aromatic carbocycles. The Bertz CT molecular complexity index is 1370. The van der Waals surface area contributed by atoms with E-state index in [0.29, 0.717) is 11.1 Å². The second-order valence-corrected chi connectivity index (χ2v) is 7.65. The molecule has 1 unspecified atom stereocenters. The molecular weight excluding hydrogens is 382 g/mol. The molecule has 0 saturated heterocycles. The number of ketones is 1. The average molecular weight is 403 g/mol. The zero-order valence-corrected chi connectivity index (χ0v) is 17.1. The molecule has 0 aliphatic carbocycles. The third kappa shape index (κ3) is 3.76. The number of imidazole rings is 1. The number of aromatic nitrogens is 3. The third-order valence-corrected chi connectivity index (χ3v) is 5.61. The fraction of sp³-hybridized carbons (Fsp3) is 0.0741. The van der Waals surface area contributed by atoms with E-state index in [-0.39, 0.29) is 11.7 Å². The molecule has 150 valence electrons. The van der Waals surface area contributed by atoms with Crippen LogP contribution in [0.15, 0.2) is 97.3 Å². The van der Waals surface area contributed by atoms with Gasteiger partial charge in [-0.1, -0.05) is 73.7 Å². The number of aromatic amines is 1. The first-order valence-electron chi connectivity index (χ1n) is 10.3. The molecule has 0 aliphatic rings. The van der Waals surface area contributed by atoms with Crippen molar-refractivity contribution < 1.29 is 4.79 Å². The summed E-state index contributed by atoms with van der Waals surface area (Å²) >= 11 is 0. The first-order valence-corrected chi connectivity index (χ1v) is 10.3. The number of carbonyl (C=O) groups is 1. The van der Waals surface area contributed by atoms with Crippen molar-refractivity contribution in [1.82, 2.24) is 15.0 Å². The summed E-state index contributed by atoms with van der Waals surface area (Å²) in [6.45, 7) is 2.11. The highest BCUT2D eigenvalue weighted by Gasteiger charge is 2.15. The van der Waals surface area contributed by atoms with Crippen LogP contribution in [0.25, 0.3) is 22.3 Å². The van der Waals surface area contributed by atoms with Crippen molar-refractivity contribution in [3.63, 3.8) is 0 Å². The lowest BCUT2D eigenvalue weighted by atomic mass is 9.94. The smallest absolute Gasteiger partial charge is 0.193 e. The van der Waals surface area contributed by atoms with Crippen molar-refractivity contribution in [2.75, 3.05) is 0 Å². The van der Waals surface area contributed by atoms with E-state index >= 15 is 0 Å².